The number of aromatic nitrogens is 2. The maximum atomic E-state index is 5.50. The van der Waals surface area contributed by atoms with E-state index < -0.39 is 0 Å². The Morgan fingerprint density at radius 3 is 2.72 bits per heavy atom. The Hall–Kier alpha value is -1.36. The first-order valence-corrected chi connectivity index (χ1v) is 6.67. The van der Waals surface area contributed by atoms with Gasteiger partial charge in [0.1, 0.15) is 27.8 Å². The standard InChI is InChI=1S/C13H16BrN3O/c1-8(2)13-16-11(14)6-12(17-13)15-7-10-5-4-9(3)18-10/h4-6,8H,7H2,1-3H3,(H,15,16,17). The second-order valence-corrected chi connectivity index (χ2v) is 5.27. The number of aryl methyl sites for hydroxylation is 1. The third-order valence-corrected chi connectivity index (χ3v) is 2.87. The number of furan rings is 1. The lowest BCUT2D eigenvalue weighted by Gasteiger charge is -2.08. The number of hydrogen-bond donors (Lipinski definition) is 1. The number of nitrogens with zero attached hydrogens (tertiary/aromatic N) is 2. The minimum absolute atomic E-state index is 0.300. The fourth-order valence-electron chi connectivity index (χ4n) is 1.54. The second kappa shape index (κ2) is 5.52. The van der Waals surface area contributed by atoms with Gasteiger partial charge in [0.2, 0.25) is 0 Å². The Morgan fingerprint density at radius 2 is 2.11 bits per heavy atom. The summed E-state index contributed by atoms with van der Waals surface area (Å²) in [6.45, 7) is 6.69. The lowest BCUT2D eigenvalue weighted by molar-refractivity contribution is 0.490. The van der Waals surface area contributed by atoms with Gasteiger partial charge in [0.25, 0.3) is 0 Å². The van der Waals surface area contributed by atoms with E-state index in [4.69, 9.17) is 4.42 Å². The summed E-state index contributed by atoms with van der Waals surface area (Å²) in [6.07, 6.45) is 0. The molecule has 2 rings (SSSR count). The van der Waals surface area contributed by atoms with Gasteiger partial charge in [-0.2, -0.15) is 0 Å². The zero-order valence-electron chi connectivity index (χ0n) is 10.7. The molecule has 0 saturated carbocycles. The van der Waals surface area contributed by atoms with E-state index in [0.29, 0.717) is 12.5 Å². The molecule has 0 bridgehead atoms. The van der Waals surface area contributed by atoms with Crippen LogP contribution in [0.15, 0.2) is 27.2 Å². The predicted molar refractivity (Wildman–Crippen MR) is 74.6 cm³/mol. The van der Waals surface area contributed by atoms with E-state index in [1.165, 1.54) is 0 Å². The Morgan fingerprint density at radius 1 is 1.33 bits per heavy atom. The molecule has 0 amide bonds. The molecule has 5 heteroatoms. The van der Waals surface area contributed by atoms with Crippen molar-refractivity contribution in [2.75, 3.05) is 5.32 Å². The molecule has 2 aromatic rings. The molecule has 0 aliphatic heterocycles. The van der Waals surface area contributed by atoms with Gasteiger partial charge in [-0.3, -0.25) is 0 Å². The molecule has 96 valence electrons. The summed E-state index contributed by atoms with van der Waals surface area (Å²) in [5.41, 5.74) is 0. The highest BCUT2D eigenvalue weighted by Gasteiger charge is 2.07. The number of nitrogens with one attached hydrogen (secondary N) is 1. The first-order valence-electron chi connectivity index (χ1n) is 5.88. The van der Waals surface area contributed by atoms with Crippen LogP contribution in [-0.2, 0) is 6.54 Å². The highest BCUT2D eigenvalue weighted by atomic mass is 79.9. The van der Waals surface area contributed by atoms with Crippen molar-refractivity contribution in [3.8, 4) is 0 Å². The van der Waals surface area contributed by atoms with E-state index in [0.717, 1.165) is 27.8 Å². The van der Waals surface area contributed by atoms with Gasteiger partial charge in [-0.25, -0.2) is 9.97 Å². The van der Waals surface area contributed by atoms with Gasteiger partial charge in [-0.15, -0.1) is 0 Å². The summed E-state index contributed by atoms with van der Waals surface area (Å²) in [6, 6.07) is 5.77. The lowest BCUT2D eigenvalue weighted by Crippen LogP contribution is -2.05. The van der Waals surface area contributed by atoms with Crippen LogP contribution >= 0.6 is 15.9 Å². The van der Waals surface area contributed by atoms with Crippen LogP contribution in [-0.4, -0.2) is 9.97 Å². The van der Waals surface area contributed by atoms with E-state index in [2.05, 4.69) is 45.1 Å². The van der Waals surface area contributed by atoms with Crippen molar-refractivity contribution in [1.82, 2.24) is 9.97 Å². The quantitative estimate of drug-likeness (QED) is 0.871. The first-order chi connectivity index (χ1) is 8.54. The maximum Gasteiger partial charge on any atom is 0.134 e. The highest BCUT2D eigenvalue weighted by Crippen LogP contribution is 2.18. The summed E-state index contributed by atoms with van der Waals surface area (Å²) < 4.78 is 6.29. The highest BCUT2D eigenvalue weighted by molar-refractivity contribution is 9.10. The summed E-state index contributed by atoms with van der Waals surface area (Å²) in [5, 5.41) is 3.24. The van der Waals surface area contributed by atoms with E-state index >= 15 is 0 Å². The average molecular weight is 310 g/mol. The van der Waals surface area contributed by atoms with E-state index in [1.54, 1.807) is 0 Å². The molecule has 4 nitrogen and oxygen atoms in total. The van der Waals surface area contributed by atoms with Crippen LogP contribution in [0, 0.1) is 6.92 Å². The van der Waals surface area contributed by atoms with Crippen molar-refractivity contribution in [2.24, 2.45) is 0 Å². The van der Waals surface area contributed by atoms with Crippen molar-refractivity contribution in [2.45, 2.75) is 33.2 Å². The Balaban J connectivity index is 2.09. The van der Waals surface area contributed by atoms with Crippen LogP contribution in [0.3, 0.4) is 0 Å². The van der Waals surface area contributed by atoms with Crippen LogP contribution in [0.4, 0.5) is 5.82 Å². The number of hydrogen-bond acceptors (Lipinski definition) is 4. The third-order valence-electron chi connectivity index (χ3n) is 2.47. The first kappa shape index (κ1) is 13.1. The molecule has 0 spiro atoms. The summed E-state index contributed by atoms with van der Waals surface area (Å²) in [4.78, 5) is 8.80. The molecule has 0 saturated heterocycles. The van der Waals surface area contributed by atoms with Crippen molar-refractivity contribution in [3.63, 3.8) is 0 Å². The zero-order chi connectivity index (χ0) is 13.1. The third kappa shape index (κ3) is 3.32. The van der Waals surface area contributed by atoms with E-state index in [1.807, 2.05) is 25.1 Å². The van der Waals surface area contributed by atoms with Crippen molar-refractivity contribution in [1.29, 1.82) is 0 Å². The number of anilines is 1. The van der Waals surface area contributed by atoms with Crippen LogP contribution < -0.4 is 5.32 Å². The summed E-state index contributed by atoms with van der Waals surface area (Å²) >= 11 is 3.40. The molecule has 0 fully saturated rings. The normalized spacial score (nSPS) is 10.9. The van der Waals surface area contributed by atoms with E-state index in [-0.39, 0.29) is 0 Å². The monoisotopic (exact) mass is 309 g/mol. The Labute approximate surface area is 115 Å². The molecule has 18 heavy (non-hydrogen) atoms. The van der Waals surface area contributed by atoms with Gasteiger partial charge in [-0.1, -0.05) is 13.8 Å². The molecule has 2 heterocycles. The molecule has 0 aliphatic carbocycles. The van der Waals surface area contributed by atoms with Gasteiger partial charge in [0.05, 0.1) is 6.54 Å². The molecule has 0 radical (unpaired) electrons. The second-order valence-electron chi connectivity index (χ2n) is 4.45. The van der Waals surface area contributed by atoms with Crippen LogP contribution in [0.5, 0.6) is 0 Å². The molecule has 0 atom stereocenters. The summed E-state index contributed by atoms with van der Waals surface area (Å²) in [7, 11) is 0. The number of rotatable bonds is 4. The maximum absolute atomic E-state index is 5.50. The minimum Gasteiger partial charge on any atom is -0.465 e. The van der Waals surface area contributed by atoms with Gasteiger partial charge < -0.3 is 9.73 Å². The minimum atomic E-state index is 0.300. The van der Waals surface area contributed by atoms with Crippen LogP contribution in [0.1, 0.15) is 37.1 Å². The largest absolute Gasteiger partial charge is 0.465 e. The van der Waals surface area contributed by atoms with Crippen LogP contribution in [0.25, 0.3) is 0 Å². The Kier molecular flexibility index (Phi) is 4.01. The van der Waals surface area contributed by atoms with Gasteiger partial charge in [0.15, 0.2) is 0 Å². The molecular formula is C13H16BrN3O. The van der Waals surface area contributed by atoms with Crippen molar-refractivity contribution >= 4 is 21.7 Å². The van der Waals surface area contributed by atoms with Gasteiger partial charge in [-0.05, 0) is 35.0 Å². The predicted octanol–water partition coefficient (Wildman–Crippen LogP) is 3.88. The van der Waals surface area contributed by atoms with Gasteiger partial charge >= 0.3 is 0 Å². The molecule has 0 aliphatic rings. The molecule has 1 N–H and O–H groups in total. The van der Waals surface area contributed by atoms with Crippen molar-refractivity contribution < 1.29 is 4.42 Å². The fraction of sp³-hybridized carbons (Fsp3) is 0.385. The molecule has 0 aromatic carbocycles. The van der Waals surface area contributed by atoms with Crippen molar-refractivity contribution in [3.05, 3.63) is 40.1 Å². The fourth-order valence-corrected chi connectivity index (χ4v) is 1.94. The molecule has 0 unspecified atom stereocenters. The van der Waals surface area contributed by atoms with E-state index in [9.17, 15) is 0 Å². The summed E-state index contributed by atoms with van der Waals surface area (Å²) in [5.74, 6) is 3.73. The zero-order valence-corrected chi connectivity index (χ0v) is 12.3. The molecule has 2 aromatic heterocycles. The topological polar surface area (TPSA) is 51.0 Å². The SMILES string of the molecule is Cc1ccc(CNc2cc(Br)nc(C(C)C)n2)o1. The average Bonchev–Trinajstić information content (AvgIpc) is 2.72. The Bertz CT molecular complexity index is 537. The van der Waals surface area contributed by atoms with Gasteiger partial charge in [0, 0.05) is 12.0 Å². The molecular weight excluding hydrogens is 294 g/mol. The lowest BCUT2D eigenvalue weighted by atomic mass is 10.2. The number of halogens is 1. The van der Waals surface area contributed by atoms with Crippen LogP contribution in [0.2, 0.25) is 0 Å². The smallest absolute Gasteiger partial charge is 0.134 e.